The molecule has 1 fully saturated rings. The van der Waals surface area contributed by atoms with Crippen LogP contribution in [0.4, 0.5) is 0 Å². The second-order valence-corrected chi connectivity index (χ2v) is 6.13. The van der Waals surface area contributed by atoms with Gasteiger partial charge in [0.2, 0.25) is 0 Å². The Balaban J connectivity index is 1.85. The van der Waals surface area contributed by atoms with Crippen LogP contribution in [0, 0.1) is 6.92 Å². The molecule has 2 aromatic rings. The molecule has 0 spiro atoms. The number of fused-ring (bicyclic) bond motifs is 1. The Labute approximate surface area is 143 Å². The highest BCUT2D eigenvalue weighted by atomic mass is 35.5. The zero-order valence-corrected chi connectivity index (χ0v) is 14.3. The molecule has 1 aromatic heterocycles. The van der Waals surface area contributed by atoms with Gasteiger partial charge in [-0.2, -0.15) is 0 Å². The van der Waals surface area contributed by atoms with Gasteiger partial charge < -0.3 is 18.8 Å². The summed E-state index contributed by atoms with van der Waals surface area (Å²) in [5.74, 6) is 0.187. The number of benzene rings is 1. The molecule has 0 aliphatic carbocycles. The van der Waals surface area contributed by atoms with Gasteiger partial charge in [0.05, 0.1) is 18.2 Å². The number of halogens is 1. The van der Waals surface area contributed by atoms with Crippen molar-refractivity contribution in [3.8, 4) is 5.75 Å². The van der Waals surface area contributed by atoms with Crippen LogP contribution in [0.2, 0.25) is 5.02 Å². The molecule has 6 nitrogen and oxygen atoms in total. The zero-order valence-electron chi connectivity index (χ0n) is 13.5. The Morgan fingerprint density at radius 2 is 2.00 bits per heavy atom. The predicted octanol–water partition coefficient (Wildman–Crippen LogP) is 2.38. The number of amides is 1. The van der Waals surface area contributed by atoms with Crippen LogP contribution in [0.15, 0.2) is 27.4 Å². The number of rotatable bonds is 3. The van der Waals surface area contributed by atoms with E-state index in [0.29, 0.717) is 42.7 Å². The first-order valence-corrected chi connectivity index (χ1v) is 8.10. The van der Waals surface area contributed by atoms with Gasteiger partial charge in [-0.25, -0.2) is 4.79 Å². The highest BCUT2D eigenvalue weighted by molar-refractivity contribution is 6.32. The minimum absolute atomic E-state index is 0.125. The molecule has 1 aliphatic rings. The van der Waals surface area contributed by atoms with Gasteiger partial charge in [0.15, 0.2) is 6.10 Å². The van der Waals surface area contributed by atoms with Crippen molar-refractivity contribution in [2.24, 2.45) is 0 Å². The summed E-state index contributed by atoms with van der Waals surface area (Å²) in [6.45, 7) is 5.63. The summed E-state index contributed by atoms with van der Waals surface area (Å²) in [6.07, 6.45) is -0.699. The molecule has 128 valence electrons. The molecule has 0 radical (unpaired) electrons. The average Bonchev–Trinajstić information content (AvgIpc) is 2.56. The highest BCUT2D eigenvalue weighted by Gasteiger charge is 2.24. The van der Waals surface area contributed by atoms with E-state index < -0.39 is 11.7 Å². The zero-order chi connectivity index (χ0) is 17.3. The number of ether oxygens (including phenoxy) is 2. The predicted molar refractivity (Wildman–Crippen MR) is 89.7 cm³/mol. The quantitative estimate of drug-likeness (QED) is 0.794. The lowest BCUT2D eigenvalue weighted by molar-refractivity contribution is -0.142. The van der Waals surface area contributed by atoms with E-state index in [0.717, 1.165) is 10.9 Å². The summed E-state index contributed by atoms with van der Waals surface area (Å²) < 4.78 is 16.2. The van der Waals surface area contributed by atoms with Gasteiger partial charge in [-0.3, -0.25) is 4.79 Å². The summed E-state index contributed by atoms with van der Waals surface area (Å²) in [5, 5.41) is 1.10. The molecule has 0 unspecified atom stereocenters. The SMILES string of the molecule is Cc1cc(=O)oc2cc(O[C@H](C)C(=O)N3CCOCC3)c(Cl)cc12. The fourth-order valence-corrected chi connectivity index (χ4v) is 2.90. The first kappa shape index (κ1) is 16.8. The highest BCUT2D eigenvalue weighted by Crippen LogP contribution is 2.31. The van der Waals surface area contributed by atoms with Gasteiger partial charge in [-0.05, 0) is 25.5 Å². The van der Waals surface area contributed by atoms with Crippen LogP contribution < -0.4 is 10.4 Å². The Morgan fingerprint density at radius 1 is 1.29 bits per heavy atom. The van der Waals surface area contributed by atoms with Crippen molar-refractivity contribution >= 4 is 28.5 Å². The second-order valence-electron chi connectivity index (χ2n) is 5.72. The minimum atomic E-state index is -0.699. The van der Waals surface area contributed by atoms with E-state index in [9.17, 15) is 9.59 Å². The lowest BCUT2D eigenvalue weighted by Crippen LogP contribution is -2.46. The van der Waals surface area contributed by atoms with E-state index in [-0.39, 0.29) is 5.91 Å². The lowest BCUT2D eigenvalue weighted by atomic mass is 10.1. The molecule has 3 rings (SSSR count). The smallest absolute Gasteiger partial charge is 0.336 e. The maximum absolute atomic E-state index is 12.4. The third-order valence-electron chi connectivity index (χ3n) is 3.98. The van der Waals surface area contributed by atoms with Crippen LogP contribution in [0.5, 0.6) is 5.75 Å². The number of nitrogens with zero attached hydrogens (tertiary/aromatic N) is 1. The number of hydrogen-bond acceptors (Lipinski definition) is 5. The molecule has 0 bridgehead atoms. The van der Waals surface area contributed by atoms with Crippen LogP contribution >= 0.6 is 11.6 Å². The summed E-state index contributed by atoms with van der Waals surface area (Å²) in [4.78, 5) is 25.6. The normalized spacial score (nSPS) is 16.2. The van der Waals surface area contributed by atoms with Crippen LogP contribution in [0.1, 0.15) is 12.5 Å². The number of morpholine rings is 1. The molecule has 1 saturated heterocycles. The number of carbonyl (C=O) groups is 1. The van der Waals surface area contributed by atoms with Crippen molar-refractivity contribution in [3.63, 3.8) is 0 Å². The van der Waals surface area contributed by atoms with E-state index >= 15 is 0 Å². The molecule has 1 amide bonds. The van der Waals surface area contributed by atoms with Crippen molar-refractivity contribution in [2.45, 2.75) is 20.0 Å². The van der Waals surface area contributed by atoms with Crippen molar-refractivity contribution in [1.29, 1.82) is 0 Å². The summed E-state index contributed by atoms with van der Waals surface area (Å²) in [7, 11) is 0. The molecule has 1 atom stereocenters. The van der Waals surface area contributed by atoms with Gasteiger partial charge in [0.25, 0.3) is 5.91 Å². The van der Waals surface area contributed by atoms with Gasteiger partial charge in [0, 0.05) is 30.6 Å². The molecule has 7 heteroatoms. The molecular formula is C17H18ClNO5. The average molecular weight is 352 g/mol. The van der Waals surface area contributed by atoms with Gasteiger partial charge in [-0.1, -0.05) is 11.6 Å². The summed E-state index contributed by atoms with van der Waals surface area (Å²) >= 11 is 6.26. The number of carbonyl (C=O) groups excluding carboxylic acids is 1. The standard InChI is InChI=1S/C17H18ClNO5/c1-10-7-16(20)24-14-9-15(13(18)8-12(10)14)23-11(2)17(21)19-3-5-22-6-4-19/h7-9,11H,3-6H2,1-2H3/t11-/m1/s1. The monoisotopic (exact) mass is 351 g/mol. The maximum Gasteiger partial charge on any atom is 0.336 e. The molecule has 24 heavy (non-hydrogen) atoms. The number of hydrogen-bond donors (Lipinski definition) is 0. The molecular weight excluding hydrogens is 334 g/mol. The third-order valence-corrected chi connectivity index (χ3v) is 4.27. The second kappa shape index (κ2) is 6.83. The van der Waals surface area contributed by atoms with E-state index in [1.54, 1.807) is 30.9 Å². The third kappa shape index (κ3) is 3.39. The van der Waals surface area contributed by atoms with E-state index in [2.05, 4.69) is 0 Å². The topological polar surface area (TPSA) is 69.0 Å². The maximum atomic E-state index is 12.4. The Kier molecular flexibility index (Phi) is 4.78. The fraction of sp³-hybridized carbons (Fsp3) is 0.412. The van der Waals surface area contributed by atoms with Crippen LogP contribution in [0.3, 0.4) is 0 Å². The van der Waals surface area contributed by atoms with E-state index in [1.165, 1.54) is 6.07 Å². The molecule has 1 aliphatic heterocycles. The van der Waals surface area contributed by atoms with Crippen LogP contribution in [-0.2, 0) is 9.53 Å². The van der Waals surface area contributed by atoms with Crippen molar-refractivity contribution in [1.82, 2.24) is 4.90 Å². The lowest BCUT2D eigenvalue weighted by Gasteiger charge is -2.29. The Bertz CT molecular complexity index is 826. The van der Waals surface area contributed by atoms with Gasteiger partial charge in [-0.15, -0.1) is 0 Å². The Morgan fingerprint density at radius 3 is 2.71 bits per heavy atom. The molecule has 0 saturated carbocycles. The van der Waals surface area contributed by atoms with E-state index in [1.807, 2.05) is 0 Å². The number of aryl methyl sites for hydroxylation is 1. The molecule has 2 heterocycles. The molecule has 1 aromatic carbocycles. The van der Waals surface area contributed by atoms with Gasteiger partial charge in [0.1, 0.15) is 11.3 Å². The summed E-state index contributed by atoms with van der Waals surface area (Å²) in [5.41, 5.74) is 0.711. The van der Waals surface area contributed by atoms with Crippen LogP contribution in [-0.4, -0.2) is 43.2 Å². The van der Waals surface area contributed by atoms with Gasteiger partial charge >= 0.3 is 5.63 Å². The first-order valence-electron chi connectivity index (χ1n) is 7.73. The Hall–Kier alpha value is -2.05. The van der Waals surface area contributed by atoms with E-state index in [4.69, 9.17) is 25.5 Å². The minimum Gasteiger partial charge on any atom is -0.479 e. The summed E-state index contributed by atoms with van der Waals surface area (Å²) in [6, 6.07) is 4.63. The van der Waals surface area contributed by atoms with Crippen molar-refractivity contribution < 1.29 is 18.7 Å². The van der Waals surface area contributed by atoms with Crippen molar-refractivity contribution in [2.75, 3.05) is 26.3 Å². The largest absolute Gasteiger partial charge is 0.479 e. The van der Waals surface area contributed by atoms with Crippen molar-refractivity contribution in [3.05, 3.63) is 39.2 Å². The fourth-order valence-electron chi connectivity index (χ4n) is 2.69. The van der Waals surface area contributed by atoms with Crippen LogP contribution in [0.25, 0.3) is 11.0 Å². The molecule has 0 N–H and O–H groups in total. The first-order chi connectivity index (χ1) is 11.5.